The molecule has 0 unspecified atom stereocenters. The Morgan fingerprint density at radius 1 is 0.974 bits per heavy atom. The van der Waals surface area contributed by atoms with Gasteiger partial charge in [-0.15, -0.1) is 0 Å². The van der Waals surface area contributed by atoms with Gasteiger partial charge in [-0.3, -0.25) is 9.10 Å². The van der Waals surface area contributed by atoms with Crippen molar-refractivity contribution in [1.82, 2.24) is 4.98 Å². The van der Waals surface area contributed by atoms with Crippen LogP contribution in [0.4, 0.5) is 15.2 Å². The molecule has 5 rings (SSSR count). The molecule has 0 saturated carbocycles. The topological polar surface area (TPSA) is 82.9 Å². The van der Waals surface area contributed by atoms with Crippen LogP contribution < -0.4 is 9.31 Å². The molecule has 4 aromatic carbocycles. The van der Waals surface area contributed by atoms with Gasteiger partial charge < -0.3 is 0 Å². The molecule has 1 aromatic heterocycles. The molecular weight excluding hydrogens is 603 g/mol. The number of fused-ring (bicyclic) bond motifs is 1. The maximum Gasteiger partial charge on any atom is 0.280 e. The lowest BCUT2D eigenvalue weighted by molar-refractivity contribution is 0.0987. The van der Waals surface area contributed by atoms with Crippen molar-refractivity contribution < 1.29 is 17.6 Å². The molecule has 1 heterocycles. The van der Waals surface area contributed by atoms with E-state index in [1.165, 1.54) is 60.0 Å². The standard InChI is InChI=1S/C28H20BrFN4O3S2/c1-33(23-5-3-2-4-6-23)39(36,37)24-14-9-20(10-15-24)27(35)34(31-18-19-7-11-21(29)12-8-19)28-32-25-16-13-22(30)17-26(25)38-28/h2-18H,1H3/b31-18+. The largest absolute Gasteiger partial charge is 0.280 e. The molecule has 1 amide bonds. The highest BCUT2D eigenvalue weighted by Gasteiger charge is 2.24. The number of nitrogens with zero attached hydrogens (tertiary/aromatic N) is 4. The Hall–Kier alpha value is -3.93. The first-order chi connectivity index (χ1) is 18.7. The zero-order chi connectivity index (χ0) is 27.6. The van der Waals surface area contributed by atoms with Crippen molar-refractivity contribution in [3.05, 3.63) is 118 Å². The van der Waals surface area contributed by atoms with E-state index in [2.05, 4.69) is 26.0 Å². The van der Waals surface area contributed by atoms with Crippen LogP contribution in [0.1, 0.15) is 15.9 Å². The van der Waals surface area contributed by atoms with Crippen LogP contribution >= 0.6 is 27.3 Å². The Kier molecular flexibility index (Phi) is 7.56. The first-order valence-corrected chi connectivity index (χ1v) is 14.6. The molecule has 0 saturated heterocycles. The maximum absolute atomic E-state index is 13.8. The van der Waals surface area contributed by atoms with Gasteiger partial charge in [0.15, 0.2) is 0 Å². The average molecular weight is 624 g/mol. The number of sulfonamides is 1. The number of benzene rings is 4. The smallest absolute Gasteiger partial charge is 0.269 e. The second-order valence-corrected chi connectivity index (χ2v) is 12.2. The molecule has 0 spiro atoms. The summed E-state index contributed by atoms with van der Waals surface area (Å²) in [5, 5.41) is 5.77. The Balaban J connectivity index is 1.48. The Labute approximate surface area is 237 Å². The third-order valence-corrected chi connectivity index (χ3v) is 9.11. The predicted molar refractivity (Wildman–Crippen MR) is 157 cm³/mol. The number of hydrogen-bond acceptors (Lipinski definition) is 6. The number of rotatable bonds is 7. The summed E-state index contributed by atoms with van der Waals surface area (Å²) in [6.45, 7) is 0. The van der Waals surface area contributed by atoms with Gasteiger partial charge in [-0.05, 0) is 72.3 Å². The molecule has 7 nitrogen and oxygen atoms in total. The highest BCUT2D eigenvalue weighted by atomic mass is 79.9. The number of amides is 1. The van der Waals surface area contributed by atoms with Crippen LogP contribution in [0, 0.1) is 5.82 Å². The van der Waals surface area contributed by atoms with Crippen LogP contribution in [0.15, 0.2) is 112 Å². The van der Waals surface area contributed by atoms with Gasteiger partial charge in [0.1, 0.15) is 5.82 Å². The van der Waals surface area contributed by atoms with Gasteiger partial charge in [0.05, 0.1) is 27.0 Å². The minimum absolute atomic E-state index is 0.0331. The lowest BCUT2D eigenvalue weighted by Crippen LogP contribution is -2.27. The summed E-state index contributed by atoms with van der Waals surface area (Å²) in [7, 11) is -2.38. The lowest BCUT2D eigenvalue weighted by Gasteiger charge is -2.19. The molecule has 0 bridgehead atoms. The summed E-state index contributed by atoms with van der Waals surface area (Å²) in [5.41, 5.74) is 1.99. The minimum Gasteiger partial charge on any atom is -0.269 e. The molecule has 0 N–H and O–H groups in total. The van der Waals surface area contributed by atoms with Crippen molar-refractivity contribution in [3.63, 3.8) is 0 Å². The van der Waals surface area contributed by atoms with Gasteiger partial charge >= 0.3 is 0 Å². The highest BCUT2D eigenvalue weighted by Crippen LogP contribution is 2.31. The number of para-hydroxylation sites is 1. The van der Waals surface area contributed by atoms with Crippen LogP contribution in [0.2, 0.25) is 0 Å². The van der Waals surface area contributed by atoms with Crippen molar-refractivity contribution in [1.29, 1.82) is 0 Å². The molecule has 0 aliphatic heterocycles. The minimum atomic E-state index is -3.85. The Bertz CT molecular complexity index is 1780. The van der Waals surface area contributed by atoms with Gasteiger partial charge in [-0.2, -0.15) is 10.1 Å². The van der Waals surface area contributed by atoms with Crippen molar-refractivity contribution >= 4 is 70.4 Å². The molecule has 0 aliphatic rings. The van der Waals surface area contributed by atoms with Crippen molar-refractivity contribution in [2.24, 2.45) is 5.10 Å². The molecule has 11 heteroatoms. The molecule has 39 heavy (non-hydrogen) atoms. The average Bonchev–Trinajstić information content (AvgIpc) is 3.37. The van der Waals surface area contributed by atoms with Crippen LogP contribution in [0.3, 0.4) is 0 Å². The number of hydrazone groups is 1. The van der Waals surface area contributed by atoms with Crippen molar-refractivity contribution in [2.45, 2.75) is 4.90 Å². The van der Waals surface area contributed by atoms with Gasteiger partial charge in [0.25, 0.3) is 15.9 Å². The fraction of sp³-hybridized carbons (Fsp3) is 0.0357. The monoisotopic (exact) mass is 622 g/mol. The van der Waals surface area contributed by atoms with E-state index in [1.807, 2.05) is 24.3 Å². The first-order valence-electron chi connectivity index (χ1n) is 11.6. The predicted octanol–water partition coefficient (Wildman–Crippen LogP) is 6.70. The third-order valence-electron chi connectivity index (χ3n) is 5.78. The number of halogens is 2. The summed E-state index contributed by atoms with van der Waals surface area (Å²) in [4.78, 5) is 18.1. The number of aromatic nitrogens is 1. The zero-order valence-electron chi connectivity index (χ0n) is 20.4. The number of carbonyl (C=O) groups is 1. The summed E-state index contributed by atoms with van der Waals surface area (Å²) < 4.78 is 42.7. The third kappa shape index (κ3) is 5.75. The second-order valence-electron chi connectivity index (χ2n) is 8.35. The number of anilines is 2. The maximum atomic E-state index is 13.8. The van der Waals surface area contributed by atoms with Crippen LogP contribution in [0.25, 0.3) is 10.2 Å². The lowest BCUT2D eigenvalue weighted by atomic mass is 10.2. The SMILES string of the molecule is CN(c1ccccc1)S(=O)(=O)c1ccc(C(=O)N(/N=C/c2ccc(Br)cc2)c2nc3ccc(F)cc3s2)cc1. The Morgan fingerprint density at radius 2 is 1.67 bits per heavy atom. The molecule has 0 aliphatic carbocycles. The van der Waals surface area contributed by atoms with Gasteiger partial charge in [0, 0.05) is 17.1 Å². The normalized spacial score (nSPS) is 11.7. The summed E-state index contributed by atoms with van der Waals surface area (Å²) in [5.74, 6) is -0.936. The van der Waals surface area contributed by atoms with Crippen LogP contribution in [-0.2, 0) is 10.0 Å². The highest BCUT2D eigenvalue weighted by molar-refractivity contribution is 9.10. The van der Waals surface area contributed by atoms with Crippen molar-refractivity contribution in [2.75, 3.05) is 16.4 Å². The van der Waals surface area contributed by atoms with E-state index in [-0.39, 0.29) is 15.6 Å². The fourth-order valence-electron chi connectivity index (χ4n) is 3.67. The number of thiazole rings is 1. The van der Waals surface area contributed by atoms with E-state index in [1.54, 1.807) is 30.3 Å². The van der Waals surface area contributed by atoms with E-state index in [0.717, 1.165) is 26.4 Å². The molecule has 0 fully saturated rings. The second kappa shape index (κ2) is 11.0. The van der Waals surface area contributed by atoms with E-state index in [0.29, 0.717) is 15.9 Å². The molecule has 5 aromatic rings. The Morgan fingerprint density at radius 3 is 2.36 bits per heavy atom. The van der Waals surface area contributed by atoms with Crippen LogP contribution in [-0.4, -0.2) is 32.6 Å². The van der Waals surface area contributed by atoms with Gasteiger partial charge in [-0.25, -0.2) is 17.8 Å². The summed E-state index contributed by atoms with van der Waals surface area (Å²) >= 11 is 4.51. The van der Waals surface area contributed by atoms with E-state index >= 15 is 0 Å². The zero-order valence-corrected chi connectivity index (χ0v) is 23.6. The first kappa shape index (κ1) is 26.7. The van der Waals surface area contributed by atoms with Crippen molar-refractivity contribution in [3.8, 4) is 0 Å². The number of hydrogen-bond donors (Lipinski definition) is 0. The summed E-state index contributed by atoms with van der Waals surface area (Å²) in [6.07, 6.45) is 1.52. The van der Waals surface area contributed by atoms with E-state index in [4.69, 9.17) is 0 Å². The van der Waals surface area contributed by atoms with Gasteiger partial charge in [0.2, 0.25) is 5.13 Å². The summed E-state index contributed by atoms with van der Waals surface area (Å²) in [6, 6.07) is 25.9. The molecule has 196 valence electrons. The quantitative estimate of drug-likeness (QED) is 0.149. The van der Waals surface area contributed by atoms with E-state index in [9.17, 15) is 17.6 Å². The number of carbonyl (C=O) groups excluding carboxylic acids is 1. The van der Waals surface area contributed by atoms with Crippen LogP contribution in [0.5, 0.6) is 0 Å². The molecule has 0 radical (unpaired) electrons. The molecular formula is C28H20BrFN4O3S2. The molecule has 0 atom stereocenters. The van der Waals surface area contributed by atoms with E-state index < -0.39 is 21.7 Å². The van der Waals surface area contributed by atoms with Gasteiger partial charge in [-0.1, -0.05) is 57.6 Å². The fourth-order valence-corrected chi connectivity index (χ4v) is 6.07.